The SMILES string of the molecule is NC(=O)CN(CCC1CO1)S(=O)(=O)Cc1cccc(Br)c1. The predicted octanol–water partition coefficient (Wildman–Crippen LogP) is 0.855. The van der Waals surface area contributed by atoms with Crippen molar-refractivity contribution >= 4 is 31.9 Å². The van der Waals surface area contributed by atoms with E-state index in [9.17, 15) is 13.2 Å². The highest BCUT2D eigenvalue weighted by Crippen LogP contribution is 2.18. The minimum absolute atomic E-state index is 0.0986. The largest absolute Gasteiger partial charge is 0.373 e. The van der Waals surface area contributed by atoms with E-state index in [4.69, 9.17) is 10.5 Å². The zero-order chi connectivity index (χ0) is 15.5. The van der Waals surface area contributed by atoms with Gasteiger partial charge in [-0.05, 0) is 24.1 Å². The van der Waals surface area contributed by atoms with E-state index in [1.165, 1.54) is 0 Å². The molecule has 1 fully saturated rings. The van der Waals surface area contributed by atoms with E-state index in [2.05, 4.69) is 15.9 Å². The Kier molecular flexibility index (Phi) is 5.37. The Hall–Kier alpha value is -0.960. The first-order chi connectivity index (χ1) is 9.87. The number of rotatable bonds is 8. The topological polar surface area (TPSA) is 93.0 Å². The normalized spacial score (nSPS) is 17.9. The number of carbonyl (C=O) groups excluding carboxylic acids is 1. The number of hydrogen-bond acceptors (Lipinski definition) is 4. The molecule has 6 nitrogen and oxygen atoms in total. The van der Waals surface area contributed by atoms with Gasteiger partial charge in [0.2, 0.25) is 15.9 Å². The first-order valence-electron chi connectivity index (χ1n) is 6.49. The standard InChI is InChI=1S/C13H17BrN2O4S/c14-11-3-1-2-10(6-11)9-21(18,19)16(7-13(15)17)5-4-12-8-20-12/h1-3,6,12H,4-5,7-9H2,(H2,15,17). The van der Waals surface area contributed by atoms with Gasteiger partial charge in [-0.15, -0.1) is 0 Å². The Morgan fingerprint density at radius 3 is 2.76 bits per heavy atom. The summed E-state index contributed by atoms with van der Waals surface area (Å²) in [5.74, 6) is -0.824. The Morgan fingerprint density at radius 2 is 2.19 bits per heavy atom. The summed E-state index contributed by atoms with van der Waals surface area (Å²) < 4.78 is 31.9. The van der Waals surface area contributed by atoms with E-state index in [-0.39, 0.29) is 24.9 Å². The number of carbonyl (C=O) groups is 1. The zero-order valence-corrected chi connectivity index (χ0v) is 13.8. The molecule has 116 valence electrons. The van der Waals surface area contributed by atoms with Crippen molar-refractivity contribution in [2.75, 3.05) is 19.7 Å². The number of epoxide rings is 1. The zero-order valence-electron chi connectivity index (χ0n) is 11.4. The summed E-state index contributed by atoms with van der Waals surface area (Å²) in [6.45, 7) is 0.586. The third-order valence-corrected chi connectivity index (χ3v) is 5.36. The van der Waals surface area contributed by atoms with Crippen LogP contribution in [0.5, 0.6) is 0 Å². The molecule has 8 heteroatoms. The number of nitrogens with zero attached hydrogens (tertiary/aromatic N) is 1. The van der Waals surface area contributed by atoms with Crippen LogP contribution >= 0.6 is 15.9 Å². The van der Waals surface area contributed by atoms with E-state index in [0.29, 0.717) is 18.6 Å². The van der Waals surface area contributed by atoms with Crippen LogP contribution in [0.15, 0.2) is 28.7 Å². The molecule has 1 aromatic carbocycles. The molecule has 1 aliphatic heterocycles. The number of primary amides is 1. The summed E-state index contributed by atoms with van der Waals surface area (Å²) in [6.07, 6.45) is 0.673. The van der Waals surface area contributed by atoms with Crippen LogP contribution in [0.1, 0.15) is 12.0 Å². The molecular formula is C13H17BrN2O4S. The first kappa shape index (κ1) is 16.4. The second-order valence-electron chi connectivity index (χ2n) is 4.93. The van der Waals surface area contributed by atoms with Crippen molar-refractivity contribution in [1.82, 2.24) is 4.31 Å². The molecule has 1 unspecified atom stereocenters. The molecule has 1 atom stereocenters. The van der Waals surface area contributed by atoms with Crippen molar-refractivity contribution in [1.29, 1.82) is 0 Å². The third kappa shape index (κ3) is 5.39. The maximum atomic E-state index is 12.4. The molecule has 1 heterocycles. The highest BCUT2D eigenvalue weighted by molar-refractivity contribution is 9.10. The molecule has 0 spiro atoms. The monoisotopic (exact) mass is 376 g/mol. The molecule has 0 radical (unpaired) electrons. The maximum absolute atomic E-state index is 12.4. The fraction of sp³-hybridized carbons (Fsp3) is 0.462. The van der Waals surface area contributed by atoms with E-state index in [0.717, 1.165) is 8.78 Å². The van der Waals surface area contributed by atoms with Crippen molar-refractivity contribution in [3.63, 3.8) is 0 Å². The van der Waals surface area contributed by atoms with Gasteiger partial charge in [0.05, 0.1) is 25.0 Å². The second-order valence-corrected chi connectivity index (χ2v) is 7.81. The number of hydrogen-bond donors (Lipinski definition) is 1. The predicted molar refractivity (Wildman–Crippen MR) is 81.9 cm³/mol. The summed E-state index contributed by atoms with van der Waals surface area (Å²) in [5, 5.41) is 0. The van der Waals surface area contributed by atoms with E-state index >= 15 is 0 Å². The van der Waals surface area contributed by atoms with E-state index < -0.39 is 15.9 Å². The van der Waals surface area contributed by atoms with E-state index in [1.54, 1.807) is 18.2 Å². The van der Waals surface area contributed by atoms with E-state index in [1.807, 2.05) is 6.07 Å². The number of halogens is 1. The second kappa shape index (κ2) is 6.87. The molecule has 1 aliphatic rings. The molecule has 2 N–H and O–H groups in total. The van der Waals surface area contributed by atoms with Gasteiger partial charge in [-0.25, -0.2) is 8.42 Å². The summed E-state index contributed by atoms with van der Waals surface area (Å²) >= 11 is 3.31. The molecule has 0 bridgehead atoms. The van der Waals surface area contributed by atoms with Crippen molar-refractivity contribution < 1.29 is 17.9 Å². The lowest BCUT2D eigenvalue weighted by Crippen LogP contribution is -2.40. The highest BCUT2D eigenvalue weighted by Gasteiger charge is 2.28. The van der Waals surface area contributed by atoms with Crippen LogP contribution in [-0.2, 0) is 25.3 Å². The van der Waals surface area contributed by atoms with Crippen LogP contribution in [-0.4, -0.2) is 44.4 Å². The minimum atomic E-state index is -3.60. The average Bonchev–Trinajstić information content (AvgIpc) is 3.17. The van der Waals surface area contributed by atoms with Crippen molar-refractivity contribution in [2.24, 2.45) is 5.73 Å². The van der Waals surface area contributed by atoms with Gasteiger partial charge in [0.1, 0.15) is 0 Å². The van der Waals surface area contributed by atoms with Gasteiger partial charge in [-0.3, -0.25) is 4.79 Å². The van der Waals surface area contributed by atoms with Gasteiger partial charge in [0.15, 0.2) is 0 Å². The fourth-order valence-electron chi connectivity index (χ4n) is 1.94. The molecule has 0 aliphatic carbocycles. The quantitative estimate of drug-likeness (QED) is 0.680. The number of amides is 1. The molecule has 1 saturated heterocycles. The van der Waals surface area contributed by atoms with Crippen LogP contribution in [0.25, 0.3) is 0 Å². The minimum Gasteiger partial charge on any atom is -0.373 e. The van der Waals surface area contributed by atoms with Gasteiger partial charge in [0, 0.05) is 11.0 Å². The Balaban J connectivity index is 2.08. The molecular weight excluding hydrogens is 360 g/mol. The Bertz CT molecular complexity index is 616. The van der Waals surface area contributed by atoms with Crippen LogP contribution in [0, 0.1) is 0 Å². The summed E-state index contributed by atoms with van der Waals surface area (Å²) in [6, 6.07) is 7.06. The van der Waals surface area contributed by atoms with Gasteiger partial charge in [-0.1, -0.05) is 28.1 Å². The van der Waals surface area contributed by atoms with Crippen molar-refractivity contribution in [3.8, 4) is 0 Å². The lowest BCUT2D eigenvalue weighted by Gasteiger charge is -2.20. The fourth-order valence-corrected chi connectivity index (χ4v) is 3.88. The molecule has 1 amide bonds. The third-order valence-electron chi connectivity index (χ3n) is 3.07. The Morgan fingerprint density at radius 1 is 1.48 bits per heavy atom. The van der Waals surface area contributed by atoms with Gasteiger partial charge in [0.25, 0.3) is 0 Å². The lowest BCUT2D eigenvalue weighted by atomic mass is 10.2. The summed E-state index contributed by atoms with van der Waals surface area (Å²) in [5.41, 5.74) is 5.80. The van der Waals surface area contributed by atoms with Crippen molar-refractivity contribution in [3.05, 3.63) is 34.3 Å². The lowest BCUT2D eigenvalue weighted by molar-refractivity contribution is -0.118. The highest BCUT2D eigenvalue weighted by atomic mass is 79.9. The number of sulfonamides is 1. The first-order valence-corrected chi connectivity index (χ1v) is 8.89. The molecule has 0 aromatic heterocycles. The molecule has 2 rings (SSSR count). The van der Waals surface area contributed by atoms with Gasteiger partial charge in [-0.2, -0.15) is 4.31 Å². The summed E-state index contributed by atoms with van der Waals surface area (Å²) in [7, 11) is -3.60. The maximum Gasteiger partial charge on any atom is 0.232 e. The van der Waals surface area contributed by atoms with Crippen molar-refractivity contribution in [2.45, 2.75) is 18.3 Å². The molecule has 1 aromatic rings. The van der Waals surface area contributed by atoms with Crippen LogP contribution in [0.3, 0.4) is 0 Å². The van der Waals surface area contributed by atoms with Crippen LogP contribution in [0.4, 0.5) is 0 Å². The number of ether oxygens (including phenoxy) is 1. The number of benzene rings is 1. The summed E-state index contributed by atoms with van der Waals surface area (Å²) in [4.78, 5) is 11.1. The molecule has 0 saturated carbocycles. The van der Waals surface area contributed by atoms with Gasteiger partial charge >= 0.3 is 0 Å². The Labute approximate surface area is 132 Å². The molecule has 21 heavy (non-hydrogen) atoms. The number of nitrogens with two attached hydrogens (primary N) is 1. The van der Waals surface area contributed by atoms with Crippen LogP contribution in [0.2, 0.25) is 0 Å². The average molecular weight is 377 g/mol. The van der Waals surface area contributed by atoms with Gasteiger partial charge < -0.3 is 10.5 Å². The smallest absolute Gasteiger partial charge is 0.232 e. The van der Waals surface area contributed by atoms with Crippen LogP contribution < -0.4 is 5.73 Å².